The second-order valence-electron chi connectivity index (χ2n) is 17.4. The van der Waals surface area contributed by atoms with E-state index in [9.17, 15) is 49.9 Å². The van der Waals surface area contributed by atoms with Crippen molar-refractivity contribution in [3.63, 3.8) is 0 Å². The van der Waals surface area contributed by atoms with Gasteiger partial charge in [-0.25, -0.2) is 27.5 Å². The van der Waals surface area contributed by atoms with Crippen molar-refractivity contribution >= 4 is 46.3 Å². The molecule has 0 radical (unpaired) electrons. The van der Waals surface area contributed by atoms with Gasteiger partial charge >= 0.3 is 18.0 Å². The SMILES string of the molecule is C.Cc1cc(NC(=O)c2ccc(F)c(C(F)(F)C(=O)N3CCn4c(cnc4C(F)(F)F)C3)c2)ccc1F.Cc1nc2c(s1)C1CCCC(C2)N1C(=O)C(F)(F)c1cc(C(=O)Nc2ccc(F)c(C)c2)ccc1F. The average molecular weight is 1050 g/mol. The number of alkyl halides is 7. The van der Waals surface area contributed by atoms with E-state index in [0.29, 0.717) is 42.4 Å². The number of carbonyl (C=O) groups excluding carboxylic acids is 4. The van der Waals surface area contributed by atoms with Crippen molar-refractivity contribution in [2.24, 2.45) is 0 Å². The first-order valence-electron chi connectivity index (χ1n) is 22.1. The van der Waals surface area contributed by atoms with Crippen molar-refractivity contribution in [3.05, 3.63) is 163 Å². The maximum Gasteiger partial charge on any atom is 0.449 e. The molecular weight excluding hydrogens is 1000 g/mol. The molecule has 2 aromatic heterocycles. The number of carbonyl (C=O) groups is 4. The minimum Gasteiger partial charge on any atom is -0.329 e. The number of anilines is 2. The van der Waals surface area contributed by atoms with Gasteiger partial charge in [-0.15, -0.1) is 11.3 Å². The van der Waals surface area contributed by atoms with Crippen LogP contribution >= 0.6 is 11.3 Å². The topological polar surface area (TPSA) is 130 Å². The molecule has 2 atom stereocenters. The summed E-state index contributed by atoms with van der Waals surface area (Å²) in [7, 11) is 0. The van der Waals surface area contributed by atoms with E-state index in [4.69, 9.17) is 0 Å². The third kappa shape index (κ3) is 10.7. The van der Waals surface area contributed by atoms with Crippen LogP contribution in [0.4, 0.5) is 59.7 Å². The molecule has 4 amide bonds. The lowest BCUT2D eigenvalue weighted by Gasteiger charge is -2.46. The molecule has 9 rings (SSSR count). The number of hydrogen-bond acceptors (Lipinski definition) is 7. The van der Waals surface area contributed by atoms with Gasteiger partial charge in [-0.3, -0.25) is 19.2 Å². The van der Waals surface area contributed by atoms with Crippen LogP contribution in [0.5, 0.6) is 0 Å². The summed E-state index contributed by atoms with van der Waals surface area (Å²) in [5.41, 5.74) is -1.51. The van der Waals surface area contributed by atoms with Gasteiger partial charge in [0.2, 0.25) is 5.82 Å². The monoisotopic (exact) mass is 1050 g/mol. The van der Waals surface area contributed by atoms with E-state index in [1.165, 1.54) is 60.4 Å². The lowest BCUT2D eigenvalue weighted by Crippen LogP contribution is -2.54. The summed E-state index contributed by atoms with van der Waals surface area (Å²) in [5, 5.41) is 5.67. The highest BCUT2D eigenvalue weighted by Crippen LogP contribution is 2.47. The standard InChI is InChI=1S/C26H23F4N3O2S.C23H17F7N4O2.CH4/c1-13-10-16(7-9-19(13)27)32-24(34)15-6-8-20(28)18(11-15)26(29,30)25(35)33-17-4-3-5-22(33)23-21(12-17)31-14(2)36-23;1-12-8-14(3-5-17(12)24)32-19(35)13-2-4-18(25)16(9-13)22(26,27)21(36)33-6-7-34-15(11-33)10-31-20(34)23(28,29)30;/h6-11,17,22H,3-5,12H2,1-2H3,(H,32,34);2-5,8-10H,6-7,11H2,1H3,(H,32,35);1H4. The zero-order chi connectivity index (χ0) is 52.2. The van der Waals surface area contributed by atoms with E-state index < -0.39 is 119 Å². The van der Waals surface area contributed by atoms with E-state index in [1.54, 1.807) is 0 Å². The number of thiazole rings is 1. The number of amides is 4. The highest BCUT2D eigenvalue weighted by molar-refractivity contribution is 7.11. The lowest BCUT2D eigenvalue weighted by atomic mass is 9.85. The van der Waals surface area contributed by atoms with E-state index in [2.05, 4.69) is 20.6 Å². The molecule has 0 aliphatic carbocycles. The zero-order valence-electron chi connectivity index (χ0n) is 38.0. The number of nitrogens with one attached hydrogen (secondary N) is 2. The molecule has 1 saturated heterocycles. The molecule has 2 N–H and O–H groups in total. The molecule has 0 saturated carbocycles. The average Bonchev–Trinajstić information content (AvgIpc) is 3.94. The Balaban J connectivity index is 0.000000211. The number of rotatable bonds is 8. The fraction of sp³-hybridized carbons (Fsp3) is 0.320. The molecule has 73 heavy (non-hydrogen) atoms. The van der Waals surface area contributed by atoms with Crippen LogP contribution in [0.1, 0.15) is 103 Å². The molecule has 5 heterocycles. The number of hydrogen-bond donors (Lipinski definition) is 2. The number of piperidine rings is 1. The molecule has 386 valence electrons. The summed E-state index contributed by atoms with van der Waals surface area (Å²) in [6.45, 7) is 3.28. The molecule has 4 aromatic carbocycles. The number of halogens is 11. The fourth-order valence-corrected chi connectivity index (χ4v) is 9.99. The molecule has 2 bridgehead atoms. The van der Waals surface area contributed by atoms with Crippen LogP contribution in [0.15, 0.2) is 79.0 Å². The predicted octanol–water partition coefficient (Wildman–Crippen LogP) is 11.6. The third-order valence-electron chi connectivity index (χ3n) is 12.5. The van der Waals surface area contributed by atoms with Crippen LogP contribution < -0.4 is 10.6 Å². The van der Waals surface area contributed by atoms with Crippen molar-refractivity contribution in [1.29, 1.82) is 0 Å². The molecule has 0 spiro atoms. The van der Waals surface area contributed by atoms with Crippen molar-refractivity contribution in [3.8, 4) is 0 Å². The van der Waals surface area contributed by atoms with Gasteiger partial charge in [0.25, 0.3) is 23.6 Å². The van der Waals surface area contributed by atoms with Crippen LogP contribution in [-0.2, 0) is 47.1 Å². The Morgan fingerprint density at radius 2 is 1.19 bits per heavy atom. The van der Waals surface area contributed by atoms with Crippen molar-refractivity contribution < 1.29 is 67.5 Å². The van der Waals surface area contributed by atoms with Gasteiger partial charge in [-0.1, -0.05) is 7.43 Å². The Kier molecular flexibility index (Phi) is 15.0. The smallest absolute Gasteiger partial charge is 0.329 e. The highest BCUT2D eigenvalue weighted by Gasteiger charge is 2.53. The van der Waals surface area contributed by atoms with E-state index in [-0.39, 0.29) is 41.2 Å². The second-order valence-corrected chi connectivity index (χ2v) is 18.6. The minimum atomic E-state index is -4.76. The van der Waals surface area contributed by atoms with Crippen molar-refractivity contribution in [2.45, 2.75) is 97.1 Å². The third-order valence-corrected chi connectivity index (χ3v) is 13.6. The summed E-state index contributed by atoms with van der Waals surface area (Å²) in [6, 6.07) is 11.1. The van der Waals surface area contributed by atoms with Gasteiger partial charge in [0, 0.05) is 48.1 Å². The predicted molar refractivity (Wildman–Crippen MR) is 246 cm³/mol. The van der Waals surface area contributed by atoms with Crippen LogP contribution in [0.3, 0.4) is 0 Å². The summed E-state index contributed by atoms with van der Waals surface area (Å²) in [4.78, 5) is 61.6. The largest absolute Gasteiger partial charge is 0.449 e. The number of nitrogens with zero attached hydrogens (tertiary/aromatic N) is 5. The van der Waals surface area contributed by atoms with E-state index in [1.807, 2.05) is 6.92 Å². The number of aromatic nitrogens is 3. The summed E-state index contributed by atoms with van der Waals surface area (Å²) >= 11 is 1.40. The quantitative estimate of drug-likeness (QED) is 0.146. The molecule has 6 aromatic rings. The first kappa shape index (κ1) is 53.6. The maximum atomic E-state index is 15.6. The molecule has 3 aliphatic rings. The maximum absolute atomic E-state index is 15.6. The van der Waals surface area contributed by atoms with Gasteiger partial charge in [0.1, 0.15) is 23.3 Å². The lowest BCUT2D eigenvalue weighted by molar-refractivity contribution is -0.168. The van der Waals surface area contributed by atoms with Crippen LogP contribution in [0.2, 0.25) is 0 Å². The zero-order valence-corrected chi connectivity index (χ0v) is 38.9. The molecular formula is C50H44F11N7O4S. The number of aryl methyl sites for hydroxylation is 3. The minimum absolute atomic E-state index is 0. The van der Waals surface area contributed by atoms with E-state index in [0.717, 1.165) is 57.0 Å². The van der Waals surface area contributed by atoms with Crippen molar-refractivity contribution in [1.82, 2.24) is 24.3 Å². The Bertz CT molecular complexity index is 3140. The summed E-state index contributed by atoms with van der Waals surface area (Å²) < 4.78 is 157. The molecule has 1 fully saturated rings. The highest BCUT2D eigenvalue weighted by atomic mass is 32.1. The van der Waals surface area contributed by atoms with Crippen molar-refractivity contribution in [2.75, 3.05) is 17.2 Å². The molecule has 23 heteroatoms. The van der Waals surface area contributed by atoms with Crippen LogP contribution in [0, 0.1) is 44.0 Å². The summed E-state index contributed by atoms with van der Waals surface area (Å²) in [5.74, 6) is -18.5. The van der Waals surface area contributed by atoms with Gasteiger partial charge < -0.3 is 25.0 Å². The second kappa shape index (κ2) is 20.4. The van der Waals surface area contributed by atoms with Crippen LogP contribution in [-0.4, -0.2) is 60.6 Å². The molecule has 2 unspecified atom stereocenters. The Labute approximate surface area is 414 Å². The van der Waals surface area contributed by atoms with Crippen LogP contribution in [0.25, 0.3) is 0 Å². The Morgan fingerprint density at radius 3 is 1.71 bits per heavy atom. The van der Waals surface area contributed by atoms with E-state index >= 15 is 17.6 Å². The van der Waals surface area contributed by atoms with Gasteiger partial charge in [-0.05, 0) is 124 Å². The number of fused-ring (bicyclic) bond motifs is 5. The normalized spacial score (nSPS) is 16.3. The molecule has 3 aliphatic heterocycles. The van der Waals surface area contributed by atoms with Gasteiger partial charge in [0.15, 0.2) is 0 Å². The number of benzene rings is 4. The van der Waals surface area contributed by atoms with Gasteiger partial charge in [-0.2, -0.15) is 30.7 Å². The van der Waals surface area contributed by atoms with Gasteiger partial charge in [0.05, 0.1) is 51.2 Å². The first-order chi connectivity index (χ1) is 33.8. The number of imidazole rings is 1. The molecule has 11 nitrogen and oxygen atoms in total. The first-order valence-corrected chi connectivity index (χ1v) is 22.9. The Morgan fingerprint density at radius 1 is 0.671 bits per heavy atom. The summed E-state index contributed by atoms with van der Waals surface area (Å²) in [6.07, 6.45) is -1.63. The fourth-order valence-electron chi connectivity index (χ4n) is 8.90. The Hall–Kier alpha value is -7.17.